The Bertz CT molecular complexity index is 4800. The van der Waals surface area contributed by atoms with Gasteiger partial charge in [-0.2, -0.15) is 4.72 Å². The molecule has 1 saturated heterocycles. The number of aliphatic hydroxyl groups excluding tert-OH is 3. The number of primary amides is 1. The molecule has 54 heteroatoms. The first-order valence-corrected chi connectivity index (χ1v) is 48.4. The van der Waals surface area contributed by atoms with Gasteiger partial charge in [-0.3, -0.25) is 102 Å². The van der Waals surface area contributed by atoms with Crippen LogP contribution in [-0.2, 0) is 101 Å². The number of nitrogens with one attached hydrogen (secondary N) is 18. The summed E-state index contributed by atoms with van der Waals surface area (Å²) in [5, 5.41) is 123. The highest BCUT2D eigenvalue weighted by Crippen LogP contribution is 2.31. The molecular formula is C88H145N25O28S. The van der Waals surface area contributed by atoms with Gasteiger partial charge in [0.2, 0.25) is 98.6 Å². The molecule has 2 aromatic carbocycles. The number of carboxylic acid groups (broad SMARTS) is 4. The molecule has 0 spiro atoms. The van der Waals surface area contributed by atoms with Crippen LogP contribution in [0.25, 0.3) is 10.8 Å². The summed E-state index contributed by atoms with van der Waals surface area (Å²) in [6, 6.07) is -16.3. The summed E-state index contributed by atoms with van der Waals surface area (Å²) in [7, 11) is -1.15. The largest absolute Gasteiger partial charge is 0.481 e. The van der Waals surface area contributed by atoms with E-state index < -0.39 is 301 Å². The van der Waals surface area contributed by atoms with E-state index >= 15 is 4.79 Å². The molecule has 15 amide bonds. The minimum atomic E-state index is -4.66. The van der Waals surface area contributed by atoms with Gasteiger partial charge in [0.15, 0.2) is 11.9 Å². The van der Waals surface area contributed by atoms with Gasteiger partial charge < -0.3 is 154 Å². The van der Waals surface area contributed by atoms with Crippen LogP contribution in [0, 0.1) is 28.6 Å². The quantitative estimate of drug-likeness (QED) is 0.0166. The standard InChI is InChI=1S/C88H145N25O28S/c1-10-46(5)69(83(136)108-61(44-115)81(134)102-55(30-33-65(117)118)77(130)101-56(31-34-66(119)120)78(131)105-58(72(91)125)42-68(123)124)110-84(137)70(47(6)11-2)109-79(132)59(41-45(3)4)106-82(135)63-28-20-40-113(63)86(139)57(32-35-67(121)122)104-75(128)52(24-13-15-37-90)98-73(126)51(23-12-14-36-89)100-80(133)60(43-114)107-76(129)53(25-18-38-96-87(92)93)99-74(127)54(26-19-39-97-88(94)95)103-85(138)71(48(7)116)111-142(140,141)64-29-17-21-49-50(64)22-16-27-62(49)112(8)9/h16-17,21-22,27,29,45-48,51-61,63,69-71,111,114-116H,10-15,18-20,23-26,28,30-44,89-90H2,1-9H3,(H2,91,125)(H,98,126)(H,99,127)(H,100,133)(H,101,130)(H,102,134)(H,103,138)(H,104,128)(H,105,131)(H,106,135)(H,107,129)(H,108,136)(H,109,132)(H,110,137)(H,117,118)(H,119,120)(H,121,122)(H,123,124)(H4,92,93,96)(H4,94,95,97)/t46-,47-,48+,51-,52-,53-,54-,55-,56-,57-,58-,59-,60-,61-,63-,69-,70-,71-/m0/s1. The fourth-order valence-corrected chi connectivity index (χ4v) is 16.6. The van der Waals surface area contributed by atoms with Crippen molar-refractivity contribution in [1.29, 1.82) is 10.8 Å². The zero-order chi connectivity index (χ0) is 107. The first-order chi connectivity index (χ1) is 66.8. The van der Waals surface area contributed by atoms with Crippen LogP contribution in [0.2, 0.25) is 0 Å². The maximum Gasteiger partial charge on any atom is 0.305 e. The van der Waals surface area contributed by atoms with Crippen LogP contribution in [0.1, 0.15) is 190 Å². The number of fused-ring (bicyclic) bond motifs is 1. The highest BCUT2D eigenvalue weighted by Gasteiger charge is 2.44. The molecule has 0 aromatic heterocycles. The maximum atomic E-state index is 15.0. The molecule has 53 nitrogen and oxygen atoms in total. The lowest BCUT2D eigenvalue weighted by atomic mass is 9.94. The Morgan fingerprint density at radius 2 is 0.789 bits per heavy atom. The second-order valence-corrected chi connectivity index (χ2v) is 37.0. The van der Waals surface area contributed by atoms with Crippen LogP contribution in [0.5, 0.6) is 0 Å². The van der Waals surface area contributed by atoms with Gasteiger partial charge >= 0.3 is 23.9 Å². The van der Waals surface area contributed by atoms with Crippen LogP contribution in [0.3, 0.4) is 0 Å². The van der Waals surface area contributed by atoms with Crippen molar-refractivity contribution in [3.05, 3.63) is 36.4 Å². The number of aliphatic hydroxyl groups is 3. The Kier molecular flexibility index (Phi) is 53.7. The van der Waals surface area contributed by atoms with Gasteiger partial charge in [-0.1, -0.05) is 78.6 Å². The van der Waals surface area contributed by atoms with E-state index in [1.165, 1.54) is 19.1 Å². The van der Waals surface area contributed by atoms with Crippen molar-refractivity contribution in [2.75, 3.05) is 64.9 Å². The molecule has 796 valence electrons. The smallest absolute Gasteiger partial charge is 0.305 e. The number of nitrogens with zero attached hydrogens (tertiary/aromatic N) is 2. The molecule has 0 bridgehead atoms. The van der Waals surface area contributed by atoms with Gasteiger partial charge in [0, 0.05) is 69.5 Å². The fourth-order valence-electron chi connectivity index (χ4n) is 15.1. The van der Waals surface area contributed by atoms with Crippen LogP contribution < -0.4 is 118 Å². The minimum absolute atomic E-state index is 0.0173. The molecule has 0 saturated carbocycles. The lowest BCUT2D eigenvalue weighted by Crippen LogP contribution is -2.62. The number of benzene rings is 2. The average molecular weight is 2030 g/mol. The number of hydrogen-bond acceptors (Lipinski definition) is 29. The third-order valence-electron chi connectivity index (χ3n) is 23.3. The summed E-state index contributed by atoms with van der Waals surface area (Å²) in [4.78, 5) is 264. The van der Waals surface area contributed by atoms with Gasteiger partial charge in [0.25, 0.3) is 0 Å². The molecular weight excluding hydrogens is 1890 g/mol. The van der Waals surface area contributed by atoms with Crippen LogP contribution >= 0.6 is 0 Å². The predicted molar refractivity (Wildman–Crippen MR) is 513 cm³/mol. The van der Waals surface area contributed by atoms with Crippen molar-refractivity contribution in [1.82, 2.24) is 89.4 Å². The molecule has 1 heterocycles. The van der Waals surface area contributed by atoms with Crippen LogP contribution in [-0.4, -0.2) is 330 Å². The number of unbranched alkanes of at least 4 members (excludes halogenated alkanes) is 2. The first-order valence-electron chi connectivity index (χ1n) is 46.9. The number of likely N-dealkylation sites (tertiary alicyclic amines) is 1. The normalized spacial score (nSPS) is 16.0. The molecule has 0 radical (unpaired) electrons. The molecule has 0 unspecified atom stereocenters. The van der Waals surface area contributed by atoms with E-state index in [1.54, 1.807) is 77.9 Å². The number of carbonyl (C=O) groups excluding carboxylic acids is 15. The second kappa shape index (κ2) is 62.1. The highest BCUT2D eigenvalue weighted by atomic mass is 32.2. The molecule has 18 atom stereocenters. The Hall–Kier alpha value is -13.3. The van der Waals surface area contributed by atoms with E-state index in [0.717, 1.165) is 11.8 Å². The van der Waals surface area contributed by atoms with E-state index in [2.05, 4.69) is 79.2 Å². The second-order valence-electron chi connectivity index (χ2n) is 35.3. The number of nitrogens with two attached hydrogens (primary N) is 5. The average Bonchev–Trinajstić information content (AvgIpc) is 0.837. The number of guanidine groups is 2. The summed E-state index contributed by atoms with van der Waals surface area (Å²) in [5.74, 6) is -25.8. The number of carbonyl (C=O) groups is 19. The number of amides is 15. The summed E-state index contributed by atoms with van der Waals surface area (Å²) < 4.78 is 30.7. The topological polar surface area (TPSA) is 877 Å². The summed E-state index contributed by atoms with van der Waals surface area (Å²) >= 11 is 0. The summed E-state index contributed by atoms with van der Waals surface area (Å²) in [6.45, 7) is 8.42. The Balaban J connectivity index is 1.97. The Labute approximate surface area is 821 Å². The van der Waals surface area contributed by atoms with Gasteiger partial charge in [-0.15, -0.1) is 0 Å². The molecule has 142 heavy (non-hydrogen) atoms. The van der Waals surface area contributed by atoms with Crippen molar-refractivity contribution in [2.24, 2.45) is 46.4 Å². The number of rotatable bonds is 68. The number of anilines is 1. The SMILES string of the molecule is CC[C@H](C)[C@H](NC(=O)[C@H](CC(C)C)NC(=O)[C@@H]1CCCN1C(=O)[C@H](CCC(=O)O)NC(=O)[C@H](CCCCN)NC(=O)[C@H](CCCCN)NC(=O)[C@H](CO)NC(=O)[C@H](CCCNC(=N)N)NC(=O)[C@H](CCCNC(=N)N)NC(=O)[C@@H](NS(=O)(=O)c1cccc2c(N(C)C)cccc12)[C@@H](C)O)C(=O)N[C@H](C(=O)N[C@@H](CO)C(=O)N[C@@H](CCC(=O)O)C(=O)N[C@@H](CCC(=O)O)C(=O)N[C@@H](CC(=O)O)C(N)=O)[C@@H](C)CC. The van der Waals surface area contributed by atoms with E-state index in [4.69, 9.17) is 39.5 Å². The Morgan fingerprint density at radius 1 is 0.437 bits per heavy atom. The lowest BCUT2D eigenvalue weighted by molar-refractivity contribution is -0.144. The zero-order valence-corrected chi connectivity index (χ0v) is 82.1. The minimum Gasteiger partial charge on any atom is -0.481 e. The van der Waals surface area contributed by atoms with Crippen LogP contribution in [0.15, 0.2) is 41.3 Å². The molecule has 3 rings (SSSR count). The van der Waals surface area contributed by atoms with Gasteiger partial charge in [0.1, 0.15) is 90.6 Å². The summed E-state index contributed by atoms with van der Waals surface area (Å²) in [5.41, 5.74) is 28.6. The number of sulfonamides is 1. The van der Waals surface area contributed by atoms with Crippen LogP contribution in [0.4, 0.5) is 5.69 Å². The maximum absolute atomic E-state index is 15.0. The number of hydrogen-bond donors (Lipinski definition) is 30. The van der Waals surface area contributed by atoms with E-state index in [9.17, 15) is 130 Å². The van der Waals surface area contributed by atoms with E-state index in [-0.39, 0.29) is 145 Å². The van der Waals surface area contributed by atoms with E-state index in [0.29, 0.717) is 11.1 Å². The molecule has 1 aliphatic rings. The third-order valence-corrected chi connectivity index (χ3v) is 24.8. The lowest BCUT2D eigenvalue weighted by Gasteiger charge is -2.32. The van der Waals surface area contributed by atoms with Crippen molar-refractivity contribution in [2.45, 2.75) is 291 Å². The predicted octanol–water partition coefficient (Wildman–Crippen LogP) is -7.31. The molecule has 0 aliphatic carbocycles. The molecule has 1 fully saturated rings. The first kappa shape index (κ1) is 123. The molecule has 35 N–H and O–H groups in total. The fraction of sp³-hybridized carbons (Fsp3) is 0.648. The zero-order valence-electron chi connectivity index (χ0n) is 81.3. The van der Waals surface area contributed by atoms with Gasteiger partial charge in [-0.25, -0.2) is 8.42 Å². The molecule has 2 aromatic rings. The van der Waals surface area contributed by atoms with E-state index in [1.807, 2.05) is 5.32 Å². The number of aliphatic carboxylic acids is 4. The highest BCUT2D eigenvalue weighted by molar-refractivity contribution is 7.89. The Morgan fingerprint density at radius 3 is 1.18 bits per heavy atom. The van der Waals surface area contributed by atoms with Crippen molar-refractivity contribution in [3.8, 4) is 0 Å². The third kappa shape index (κ3) is 41.8. The monoisotopic (exact) mass is 2030 g/mol. The van der Waals surface area contributed by atoms with Crippen molar-refractivity contribution in [3.63, 3.8) is 0 Å². The summed E-state index contributed by atoms with van der Waals surface area (Å²) in [6.07, 6.45) is -7.14. The molecule has 1 aliphatic heterocycles. The van der Waals surface area contributed by atoms with Crippen molar-refractivity contribution < 1.29 is 135 Å². The number of carboxylic acids is 4. The van der Waals surface area contributed by atoms with Gasteiger partial charge in [0.05, 0.1) is 30.6 Å². The van der Waals surface area contributed by atoms with Gasteiger partial charge in [-0.05, 0) is 153 Å². The van der Waals surface area contributed by atoms with Crippen molar-refractivity contribution >= 4 is 151 Å².